The summed E-state index contributed by atoms with van der Waals surface area (Å²) in [4.78, 5) is 3.54. The summed E-state index contributed by atoms with van der Waals surface area (Å²) in [5, 5.41) is 9.19. The van der Waals surface area contributed by atoms with E-state index in [-0.39, 0.29) is 16.8 Å². The molecule has 0 amide bonds. The molecule has 166 valence electrons. The molecule has 1 aliphatic heterocycles. The molecule has 0 bridgehead atoms. The quantitative estimate of drug-likeness (QED) is 0.488. The zero-order valence-corrected chi connectivity index (χ0v) is 19.3. The van der Waals surface area contributed by atoms with Gasteiger partial charge in [-0.3, -0.25) is 0 Å². The van der Waals surface area contributed by atoms with Crippen molar-refractivity contribution in [2.24, 2.45) is 5.73 Å². The first-order valence-electron chi connectivity index (χ1n) is 10.1. The molecule has 4 N–H and O–H groups in total. The molecule has 2 aromatic rings. The standard InChI is InChI=1S/C20H28ClFN4O2S2/c1-13(26-11-14-3-2-6-24-14)4-5-18(23)15-9-17(22)19(10-16(15)21)30(27,28)12-20-25-7-8-29-20/h7-10,13-14,18,24,26H,2-6,11-12,23H2,1H3/t13?,14-,18?/m0/s1. The minimum atomic E-state index is -3.89. The topological polar surface area (TPSA) is 97.1 Å². The lowest BCUT2D eigenvalue weighted by molar-refractivity contribution is 0.438. The zero-order valence-electron chi connectivity index (χ0n) is 16.9. The van der Waals surface area contributed by atoms with E-state index in [4.69, 9.17) is 17.3 Å². The molecule has 0 spiro atoms. The Labute approximate surface area is 186 Å². The highest BCUT2D eigenvalue weighted by molar-refractivity contribution is 7.90. The van der Waals surface area contributed by atoms with E-state index in [1.54, 1.807) is 5.38 Å². The molecular formula is C20H28ClFN4O2S2. The lowest BCUT2D eigenvalue weighted by Gasteiger charge is -2.20. The molecule has 0 radical (unpaired) electrons. The molecule has 2 heterocycles. The normalized spacial score (nSPS) is 19.1. The summed E-state index contributed by atoms with van der Waals surface area (Å²) in [5.41, 5.74) is 6.67. The van der Waals surface area contributed by atoms with Gasteiger partial charge in [-0.15, -0.1) is 11.3 Å². The van der Waals surface area contributed by atoms with Crippen molar-refractivity contribution in [3.63, 3.8) is 0 Å². The average Bonchev–Trinajstić information content (AvgIpc) is 3.39. The Morgan fingerprint density at radius 1 is 1.43 bits per heavy atom. The third-order valence-electron chi connectivity index (χ3n) is 5.37. The number of hydrogen-bond donors (Lipinski definition) is 3. The lowest BCUT2D eigenvalue weighted by Crippen LogP contribution is -2.38. The number of sulfone groups is 1. The number of nitrogens with one attached hydrogen (secondary N) is 2. The summed E-state index contributed by atoms with van der Waals surface area (Å²) in [5.74, 6) is -1.19. The van der Waals surface area contributed by atoms with Gasteiger partial charge in [-0.25, -0.2) is 17.8 Å². The van der Waals surface area contributed by atoms with Gasteiger partial charge in [0.25, 0.3) is 0 Å². The molecule has 3 rings (SSSR count). The van der Waals surface area contributed by atoms with E-state index in [0.717, 1.165) is 25.6 Å². The second-order valence-corrected chi connectivity index (χ2v) is 11.1. The van der Waals surface area contributed by atoms with Crippen LogP contribution in [0.15, 0.2) is 28.6 Å². The maximum absolute atomic E-state index is 14.7. The highest BCUT2D eigenvalue weighted by Crippen LogP contribution is 2.31. The zero-order chi connectivity index (χ0) is 21.7. The van der Waals surface area contributed by atoms with Crippen LogP contribution >= 0.6 is 22.9 Å². The van der Waals surface area contributed by atoms with Crippen molar-refractivity contribution in [3.8, 4) is 0 Å². The Morgan fingerprint density at radius 2 is 2.23 bits per heavy atom. The summed E-state index contributed by atoms with van der Waals surface area (Å²) in [6.07, 6.45) is 5.32. The first-order valence-corrected chi connectivity index (χ1v) is 13.0. The highest BCUT2D eigenvalue weighted by Gasteiger charge is 2.24. The Hall–Kier alpha value is -1.10. The molecule has 30 heavy (non-hydrogen) atoms. The van der Waals surface area contributed by atoms with Crippen LogP contribution in [0.3, 0.4) is 0 Å². The van der Waals surface area contributed by atoms with Crippen LogP contribution in [-0.2, 0) is 15.6 Å². The van der Waals surface area contributed by atoms with Crippen LogP contribution in [-0.4, -0.2) is 38.6 Å². The molecule has 1 aliphatic rings. The van der Waals surface area contributed by atoms with Crippen molar-refractivity contribution in [1.29, 1.82) is 0 Å². The van der Waals surface area contributed by atoms with Crippen LogP contribution in [0.25, 0.3) is 0 Å². The van der Waals surface area contributed by atoms with E-state index in [1.807, 2.05) is 0 Å². The molecule has 0 aliphatic carbocycles. The van der Waals surface area contributed by atoms with Crippen LogP contribution < -0.4 is 16.4 Å². The molecule has 2 unspecified atom stereocenters. The minimum absolute atomic E-state index is 0.164. The van der Waals surface area contributed by atoms with Gasteiger partial charge in [-0.1, -0.05) is 11.6 Å². The maximum atomic E-state index is 14.7. The Morgan fingerprint density at radius 3 is 2.90 bits per heavy atom. The number of rotatable bonds is 10. The largest absolute Gasteiger partial charge is 0.324 e. The molecular weight excluding hydrogens is 447 g/mol. The van der Waals surface area contributed by atoms with E-state index in [1.165, 1.54) is 36.4 Å². The van der Waals surface area contributed by atoms with Gasteiger partial charge >= 0.3 is 0 Å². The van der Waals surface area contributed by atoms with Gasteiger partial charge in [0.05, 0.1) is 0 Å². The van der Waals surface area contributed by atoms with Crippen LogP contribution in [0.2, 0.25) is 5.02 Å². The predicted molar refractivity (Wildman–Crippen MR) is 119 cm³/mol. The van der Waals surface area contributed by atoms with E-state index in [0.29, 0.717) is 23.0 Å². The van der Waals surface area contributed by atoms with E-state index >= 15 is 0 Å². The average molecular weight is 475 g/mol. The molecule has 1 saturated heterocycles. The summed E-state index contributed by atoms with van der Waals surface area (Å²) in [6.45, 7) is 4.08. The molecule has 1 fully saturated rings. The van der Waals surface area contributed by atoms with Crippen LogP contribution in [0.4, 0.5) is 4.39 Å². The van der Waals surface area contributed by atoms with Gasteiger partial charge in [0.2, 0.25) is 0 Å². The highest BCUT2D eigenvalue weighted by atomic mass is 35.5. The fourth-order valence-electron chi connectivity index (χ4n) is 3.59. The van der Waals surface area contributed by atoms with Crippen molar-refractivity contribution in [1.82, 2.24) is 15.6 Å². The van der Waals surface area contributed by atoms with Crippen molar-refractivity contribution in [3.05, 3.63) is 45.1 Å². The van der Waals surface area contributed by atoms with E-state index < -0.39 is 26.6 Å². The van der Waals surface area contributed by atoms with Gasteiger partial charge in [-0.05, 0) is 56.8 Å². The number of nitrogens with zero attached hydrogens (tertiary/aromatic N) is 1. The smallest absolute Gasteiger partial charge is 0.187 e. The number of halogens is 2. The molecule has 0 saturated carbocycles. The third-order valence-corrected chi connectivity index (χ3v) is 8.29. The van der Waals surface area contributed by atoms with Crippen molar-refractivity contribution in [2.45, 2.75) is 61.4 Å². The van der Waals surface area contributed by atoms with Gasteiger partial charge in [0.15, 0.2) is 9.84 Å². The minimum Gasteiger partial charge on any atom is -0.324 e. The third kappa shape index (κ3) is 6.21. The second kappa shape index (κ2) is 10.5. The van der Waals surface area contributed by atoms with Crippen molar-refractivity contribution >= 4 is 32.8 Å². The first-order chi connectivity index (χ1) is 14.3. The van der Waals surface area contributed by atoms with Crippen LogP contribution in [0.1, 0.15) is 49.2 Å². The summed E-state index contributed by atoms with van der Waals surface area (Å²) in [6, 6.07) is 2.63. The Bertz CT molecular complexity index is 935. The Kier molecular flexibility index (Phi) is 8.23. The van der Waals surface area contributed by atoms with E-state index in [9.17, 15) is 12.8 Å². The number of nitrogens with two attached hydrogens (primary N) is 1. The number of thiazole rings is 1. The maximum Gasteiger partial charge on any atom is 0.187 e. The van der Waals surface area contributed by atoms with Gasteiger partial charge in [-0.2, -0.15) is 0 Å². The Balaban J connectivity index is 1.61. The van der Waals surface area contributed by atoms with Gasteiger partial charge in [0.1, 0.15) is 21.5 Å². The molecule has 10 heteroatoms. The van der Waals surface area contributed by atoms with Gasteiger partial charge in [0, 0.05) is 41.3 Å². The molecule has 6 nitrogen and oxygen atoms in total. The summed E-state index contributed by atoms with van der Waals surface area (Å²) in [7, 11) is -3.89. The summed E-state index contributed by atoms with van der Waals surface area (Å²) >= 11 is 7.51. The SMILES string of the molecule is CC(CCC(N)c1cc(F)c(S(=O)(=O)Cc2nccs2)cc1Cl)NC[C@@H]1CCCN1. The molecule has 3 atom stereocenters. The van der Waals surface area contributed by atoms with Crippen molar-refractivity contribution < 1.29 is 12.8 Å². The summed E-state index contributed by atoms with van der Waals surface area (Å²) < 4.78 is 39.8. The second-order valence-electron chi connectivity index (χ2n) is 7.78. The number of benzene rings is 1. The lowest BCUT2D eigenvalue weighted by atomic mass is 10.00. The van der Waals surface area contributed by atoms with Crippen LogP contribution in [0.5, 0.6) is 0 Å². The number of hydrogen-bond acceptors (Lipinski definition) is 7. The van der Waals surface area contributed by atoms with E-state index in [2.05, 4.69) is 22.5 Å². The molecule has 1 aromatic heterocycles. The fraction of sp³-hybridized carbons (Fsp3) is 0.550. The number of aromatic nitrogens is 1. The molecule has 1 aromatic carbocycles. The van der Waals surface area contributed by atoms with Crippen molar-refractivity contribution in [2.75, 3.05) is 13.1 Å². The predicted octanol–water partition coefficient (Wildman–Crippen LogP) is 3.42. The van der Waals surface area contributed by atoms with Crippen LogP contribution in [0, 0.1) is 5.82 Å². The fourth-order valence-corrected chi connectivity index (χ4v) is 6.31. The monoisotopic (exact) mass is 474 g/mol. The van der Waals surface area contributed by atoms with Gasteiger partial charge < -0.3 is 16.4 Å². The first kappa shape index (κ1) is 23.6.